The summed E-state index contributed by atoms with van der Waals surface area (Å²) < 4.78 is 0. The summed E-state index contributed by atoms with van der Waals surface area (Å²) in [6.45, 7) is 0.628. The number of nitrogens with two attached hydrogens (primary N) is 2. The van der Waals surface area contributed by atoms with Crippen LogP contribution >= 0.6 is 12.4 Å². The fourth-order valence-electron chi connectivity index (χ4n) is 0.957. The van der Waals surface area contributed by atoms with Crippen LogP contribution in [0.2, 0.25) is 0 Å². The Kier molecular flexibility index (Phi) is 5.62. The second kappa shape index (κ2) is 5.94. The van der Waals surface area contributed by atoms with Gasteiger partial charge < -0.3 is 11.5 Å². The molecular weight excluding hydrogens is 174 g/mol. The molecule has 1 aromatic rings. The molecule has 0 aliphatic rings. The van der Waals surface area contributed by atoms with Gasteiger partial charge in [0.05, 0.1) is 0 Å². The van der Waals surface area contributed by atoms with E-state index >= 15 is 0 Å². The number of rotatable bonds is 3. The fraction of sp³-hybridized carbons (Fsp3) is 0.375. The minimum atomic E-state index is 0. The highest BCUT2D eigenvalue weighted by molar-refractivity contribution is 5.85. The smallest absolute Gasteiger partial charge is 0.0308 e. The van der Waals surface area contributed by atoms with E-state index in [4.69, 9.17) is 11.5 Å². The van der Waals surface area contributed by atoms with E-state index in [1.54, 1.807) is 12.4 Å². The predicted octanol–water partition coefficient (Wildman–Crippen LogP) is 0.852. The standard InChI is InChI=1S/C8H13N3.ClH/c9-4-1-8(10)7-2-5-11-6-3-7;/h2-3,5-6,8H,1,4,9-10H2;1H/t8-;/m0./s1. The summed E-state index contributed by atoms with van der Waals surface area (Å²) >= 11 is 0. The third kappa shape index (κ3) is 3.17. The van der Waals surface area contributed by atoms with Gasteiger partial charge in [0, 0.05) is 18.4 Å². The van der Waals surface area contributed by atoms with Crippen molar-refractivity contribution in [2.75, 3.05) is 6.54 Å². The first-order valence-corrected chi connectivity index (χ1v) is 3.70. The summed E-state index contributed by atoms with van der Waals surface area (Å²) in [4.78, 5) is 3.90. The van der Waals surface area contributed by atoms with Crippen molar-refractivity contribution in [3.63, 3.8) is 0 Å². The van der Waals surface area contributed by atoms with Crippen LogP contribution in [0.15, 0.2) is 24.5 Å². The van der Waals surface area contributed by atoms with Crippen molar-refractivity contribution in [3.8, 4) is 0 Å². The molecule has 1 atom stereocenters. The molecule has 4 heteroatoms. The Hall–Kier alpha value is -0.640. The zero-order valence-electron chi connectivity index (χ0n) is 6.81. The molecule has 12 heavy (non-hydrogen) atoms. The lowest BCUT2D eigenvalue weighted by atomic mass is 10.1. The summed E-state index contributed by atoms with van der Waals surface area (Å²) in [6.07, 6.45) is 4.31. The third-order valence-electron chi connectivity index (χ3n) is 1.61. The van der Waals surface area contributed by atoms with Gasteiger partial charge >= 0.3 is 0 Å². The summed E-state index contributed by atoms with van der Waals surface area (Å²) in [5.74, 6) is 0. The van der Waals surface area contributed by atoms with Crippen molar-refractivity contribution in [1.29, 1.82) is 0 Å². The van der Waals surface area contributed by atoms with Gasteiger partial charge in [0.25, 0.3) is 0 Å². The van der Waals surface area contributed by atoms with E-state index < -0.39 is 0 Å². The molecular formula is C8H14ClN3. The molecule has 3 nitrogen and oxygen atoms in total. The Labute approximate surface area is 78.6 Å². The van der Waals surface area contributed by atoms with Crippen LogP contribution in [0.4, 0.5) is 0 Å². The lowest BCUT2D eigenvalue weighted by Gasteiger charge is -2.08. The van der Waals surface area contributed by atoms with Crippen molar-refractivity contribution in [1.82, 2.24) is 4.98 Å². The van der Waals surface area contributed by atoms with E-state index in [0.29, 0.717) is 6.54 Å². The van der Waals surface area contributed by atoms with Crippen molar-refractivity contribution < 1.29 is 0 Å². The van der Waals surface area contributed by atoms with Crippen LogP contribution in [0.25, 0.3) is 0 Å². The van der Waals surface area contributed by atoms with Gasteiger partial charge in [0.1, 0.15) is 0 Å². The maximum Gasteiger partial charge on any atom is 0.0308 e. The highest BCUT2D eigenvalue weighted by Crippen LogP contribution is 2.10. The van der Waals surface area contributed by atoms with E-state index in [1.165, 1.54) is 0 Å². The number of nitrogens with zero attached hydrogens (tertiary/aromatic N) is 1. The maximum atomic E-state index is 5.80. The second-order valence-corrected chi connectivity index (χ2v) is 2.46. The molecule has 0 unspecified atom stereocenters. The topological polar surface area (TPSA) is 64.9 Å². The average Bonchev–Trinajstić information content (AvgIpc) is 2.07. The maximum absolute atomic E-state index is 5.80. The fourth-order valence-corrected chi connectivity index (χ4v) is 0.957. The van der Waals surface area contributed by atoms with Gasteiger partial charge in [0.15, 0.2) is 0 Å². The molecule has 0 aliphatic heterocycles. The summed E-state index contributed by atoms with van der Waals surface area (Å²) in [7, 11) is 0. The SMILES string of the molecule is Cl.NCC[C@H](N)c1ccncc1. The van der Waals surface area contributed by atoms with Gasteiger partial charge in [-0.15, -0.1) is 12.4 Å². The molecule has 68 valence electrons. The molecule has 1 aromatic heterocycles. The summed E-state index contributed by atoms with van der Waals surface area (Å²) in [5, 5.41) is 0. The first kappa shape index (κ1) is 11.4. The van der Waals surface area contributed by atoms with Gasteiger partial charge in [-0.2, -0.15) is 0 Å². The molecule has 0 fully saturated rings. The quantitative estimate of drug-likeness (QED) is 0.738. The lowest BCUT2D eigenvalue weighted by molar-refractivity contribution is 0.660. The lowest BCUT2D eigenvalue weighted by Crippen LogP contribution is -2.15. The van der Waals surface area contributed by atoms with Crippen LogP contribution in [0.1, 0.15) is 18.0 Å². The van der Waals surface area contributed by atoms with Crippen molar-refractivity contribution in [2.45, 2.75) is 12.5 Å². The van der Waals surface area contributed by atoms with Crippen LogP contribution in [-0.4, -0.2) is 11.5 Å². The van der Waals surface area contributed by atoms with Gasteiger partial charge in [0.2, 0.25) is 0 Å². The minimum Gasteiger partial charge on any atom is -0.330 e. The molecule has 0 saturated heterocycles. The third-order valence-corrected chi connectivity index (χ3v) is 1.61. The van der Waals surface area contributed by atoms with Crippen molar-refractivity contribution in [3.05, 3.63) is 30.1 Å². The Morgan fingerprint density at radius 1 is 1.33 bits per heavy atom. The highest BCUT2D eigenvalue weighted by Gasteiger charge is 2.02. The molecule has 0 aromatic carbocycles. The van der Waals surface area contributed by atoms with Crippen molar-refractivity contribution in [2.24, 2.45) is 11.5 Å². The summed E-state index contributed by atoms with van der Waals surface area (Å²) in [6, 6.07) is 3.89. The Morgan fingerprint density at radius 2 is 1.92 bits per heavy atom. The molecule has 0 saturated carbocycles. The molecule has 0 radical (unpaired) electrons. The molecule has 4 N–H and O–H groups in total. The highest BCUT2D eigenvalue weighted by atomic mass is 35.5. The molecule has 0 amide bonds. The number of halogens is 1. The first-order chi connectivity index (χ1) is 5.34. The van der Waals surface area contributed by atoms with Gasteiger partial charge in [-0.25, -0.2) is 0 Å². The first-order valence-electron chi connectivity index (χ1n) is 3.70. The Balaban J connectivity index is 0.00000121. The molecule has 0 spiro atoms. The Morgan fingerprint density at radius 3 is 2.42 bits per heavy atom. The van der Waals surface area contributed by atoms with Gasteiger partial charge in [-0.1, -0.05) is 0 Å². The molecule has 1 rings (SSSR count). The zero-order valence-corrected chi connectivity index (χ0v) is 7.63. The number of pyridine rings is 1. The Bertz CT molecular complexity index is 203. The number of aromatic nitrogens is 1. The number of hydrogen-bond donors (Lipinski definition) is 2. The van der Waals surface area contributed by atoms with E-state index in [1.807, 2.05) is 12.1 Å². The zero-order chi connectivity index (χ0) is 8.10. The van der Waals surface area contributed by atoms with Crippen LogP contribution in [-0.2, 0) is 0 Å². The van der Waals surface area contributed by atoms with Gasteiger partial charge in [-0.05, 0) is 30.7 Å². The van der Waals surface area contributed by atoms with E-state index in [0.717, 1.165) is 12.0 Å². The largest absolute Gasteiger partial charge is 0.330 e. The van der Waals surface area contributed by atoms with Crippen LogP contribution in [0.5, 0.6) is 0 Å². The molecule has 0 aliphatic carbocycles. The van der Waals surface area contributed by atoms with E-state index in [9.17, 15) is 0 Å². The monoisotopic (exact) mass is 187 g/mol. The minimum absolute atomic E-state index is 0. The van der Waals surface area contributed by atoms with E-state index in [2.05, 4.69) is 4.98 Å². The van der Waals surface area contributed by atoms with Crippen molar-refractivity contribution >= 4 is 12.4 Å². The molecule has 0 bridgehead atoms. The predicted molar refractivity (Wildman–Crippen MR) is 52.1 cm³/mol. The van der Waals surface area contributed by atoms with Crippen LogP contribution < -0.4 is 11.5 Å². The van der Waals surface area contributed by atoms with Gasteiger partial charge in [-0.3, -0.25) is 4.98 Å². The summed E-state index contributed by atoms with van der Waals surface area (Å²) in [5.41, 5.74) is 12.3. The van der Waals surface area contributed by atoms with E-state index in [-0.39, 0.29) is 18.4 Å². The second-order valence-electron chi connectivity index (χ2n) is 2.46. The number of hydrogen-bond acceptors (Lipinski definition) is 3. The van der Waals surface area contributed by atoms with Crippen LogP contribution in [0.3, 0.4) is 0 Å². The normalized spacial score (nSPS) is 11.8. The molecule has 1 heterocycles. The van der Waals surface area contributed by atoms with Crippen LogP contribution in [0, 0.1) is 0 Å². The average molecular weight is 188 g/mol.